The lowest BCUT2D eigenvalue weighted by atomic mass is 9.99. The first kappa shape index (κ1) is 23.6. The van der Waals surface area contributed by atoms with Gasteiger partial charge in [-0.25, -0.2) is 0 Å². The van der Waals surface area contributed by atoms with E-state index >= 15 is 0 Å². The molecule has 0 radical (unpaired) electrons. The number of hydrogen-bond acceptors (Lipinski definition) is 5. The number of halogens is 1. The van der Waals surface area contributed by atoms with Crippen LogP contribution in [0.25, 0.3) is 0 Å². The molecule has 26 heavy (non-hydrogen) atoms. The van der Waals surface area contributed by atoms with E-state index in [9.17, 15) is 0 Å². The molecule has 8 heteroatoms. The minimum absolute atomic E-state index is 0. The first-order valence-electron chi connectivity index (χ1n) is 9.19. The van der Waals surface area contributed by atoms with Crippen LogP contribution < -0.4 is 10.6 Å². The summed E-state index contributed by atoms with van der Waals surface area (Å²) in [5.41, 5.74) is 1.05. The van der Waals surface area contributed by atoms with Crippen LogP contribution in [0, 0.1) is 0 Å². The molecule has 1 saturated heterocycles. The fourth-order valence-electron chi connectivity index (χ4n) is 3.14. The Kier molecular flexibility index (Phi) is 10.9. The molecule has 1 aliphatic heterocycles. The van der Waals surface area contributed by atoms with Crippen LogP contribution in [-0.2, 0) is 11.3 Å². The lowest BCUT2D eigenvalue weighted by Crippen LogP contribution is -2.47. The van der Waals surface area contributed by atoms with Crippen LogP contribution in [0.15, 0.2) is 15.6 Å². The lowest BCUT2D eigenvalue weighted by molar-refractivity contribution is 0.0783. The van der Waals surface area contributed by atoms with Gasteiger partial charge in [0.15, 0.2) is 11.7 Å². The van der Waals surface area contributed by atoms with E-state index in [0.29, 0.717) is 12.5 Å². The van der Waals surface area contributed by atoms with E-state index in [2.05, 4.69) is 47.0 Å². The summed E-state index contributed by atoms with van der Waals surface area (Å²) in [6.07, 6.45) is 6.48. The molecule has 1 aliphatic rings. The smallest absolute Gasteiger partial charge is 0.191 e. The molecule has 2 N–H and O–H groups in total. The molecule has 0 atom stereocenters. The minimum Gasteiger partial charge on any atom is -0.381 e. The highest BCUT2D eigenvalue weighted by Gasteiger charge is 2.31. The molecule has 1 aromatic heterocycles. The Labute approximate surface area is 178 Å². The number of guanidine groups is 1. The van der Waals surface area contributed by atoms with Gasteiger partial charge in [0.05, 0.1) is 12.2 Å². The molecule has 1 fully saturated rings. The summed E-state index contributed by atoms with van der Waals surface area (Å²) in [7, 11) is 1.79. The molecule has 0 aliphatic carbocycles. The van der Waals surface area contributed by atoms with E-state index in [4.69, 9.17) is 9.26 Å². The monoisotopic (exact) mass is 496 g/mol. The highest BCUT2D eigenvalue weighted by molar-refractivity contribution is 14.0. The molecule has 0 unspecified atom stereocenters. The average Bonchev–Trinajstić information content (AvgIpc) is 3.12. The van der Waals surface area contributed by atoms with Crippen LogP contribution in [0.1, 0.15) is 56.9 Å². The van der Waals surface area contributed by atoms with Crippen molar-refractivity contribution in [1.29, 1.82) is 0 Å². The maximum absolute atomic E-state index is 5.50. The van der Waals surface area contributed by atoms with Crippen molar-refractivity contribution < 1.29 is 9.26 Å². The summed E-state index contributed by atoms with van der Waals surface area (Å²) < 4.78 is 11.2. The van der Waals surface area contributed by atoms with Crippen molar-refractivity contribution in [3.05, 3.63) is 17.5 Å². The summed E-state index contributed by atoms with van der Waals surface area (Å²) in [6, 6.07) is 2.06. The number of nitrogens with one attached hydrogen (secondary N) is 2. The predicted molar refractivity (Wildman–Crippen MR) is 120 cm³/mol. The SMILES string of the molecule is CCC(CC)c1cc(CNC(=NC)NCC2(SC)CCOCC2)on1.I. The number of nitrogens with zero attached hydrogens (tertiary/aromatic N) is 2. The second-order valence-electron chi connectivity index (χ2n) is 6.51. The van der Waals surface area contributed by atoms with Crippen molar-refractivity contribution >= 4 is 41.7 Å². The van der Waals surface area contributed by atoms with Gasteiger partial charge in [-0.1, -0.05) is 19.0 Å². The van der Waals surface area contributed by atoms with Crippen molar-refractivity contribution in [2.45, 2.75) is 56.7 Å². The van der Waals surface area contributed by atoms with Crippen LogP contribution in [0.5, 0.6) is 0 Å². The molecule has 0 spiro atoms. The van der Waals surface area contributed by atoms with Gasteiger partial charge >= 0.3 is 0 Å². The van der Waals surface area contributed by atoms with Gasteiger partial charge in [0.2, 0.25) is 0 Å². The second-order valence-corrected chi connectivity index (χ2v) is 7.78. The van der Waals surface area contributed by atoms with Gasteiger partial charge in [-0.3, -0.25) is 4.99 Å². The largest absolute Gasteiger partial charge is 0.381 e. The number of ether oxygens (including phenoxy) is 1. The Bertz CT molecular complexity index is 543. The molecule has 6 nitrogen and oxygen atoms in total. The van der Waals surface area contributed by atoms with Crippen molar-refractivity contribution in [3.8, 4) is 0 Å². The number of hydrogen-bond donors (Lipinski definition) is 2. The summed E-state index contributed by atoms with van der Waals surface area (Å²) in [4.78, 5) is 4.32. The van der Waals surface area contributed by atoms with Crippen LogP contribution >= 0.6 is 35.7 Å². The number of thioether (sulfide) groups is 1. The van der Waals surface area contributed by atoms with Gasteiger partial charge in [-0.15, -0.1) is 24.0 Å². The fraction of sp³-hybridized carbons (Fsp3) is 0.778. The van der Waals surface area contributed by atoms with E-state index in [-0.39, 0.29) is 28.7 Å². The molecule has 1 aromatic rings. The van der Waals surface area contributed by atoms with Gasteiger partial charge in [0, 0.05) is 43.5 Å². The maximum atomic E-state index is 5.50. The molecule has 2 rings (SSSR count). The zero-order valence-electron chi connectivity index (χ0n) is 16.3. The molecule has 0 aromatic carbocycles. The van der Waals surface area contributed by atoms with Crippen LogP contribution in [0.4, 0.5) is 0 Å². The second kappa shape index (κ2) is 12.1. The van der Waals surface area contributed by atoms with Crippen molar-refractivity contribution in [2.75, 3.05) is 33.1 Å². The molecular weight excluding hydrogens is 463 g/mol. The standard InChI is InChI=1S/C18H32N4O2S.HI/c1-5-14(6-2)16-11-15(24-22-16)12-20-17(19-3)21-13-18(25-4)7-9-23-10-8-18;/h11,14H,5-10,12-13H2,1-4H3,(H2,19,20,21);1H. The van der Waals surface area contributed by atoms with Crippen LogP contribution in [0.2, 0.25) is 0 Å². The Balaban J connectivity index is 0.00000338. The van der Waals surface area contributed by atoms with Gasteiger partial charge in [0.1, 0.15) is 0 Å². The maximum Gasteiger partial charge on any atom is 0.191 e. The first-order chi connectivity index (χ1) is 12.2. The Morgan fingerprint density at radius 2 is 2.00 bits per heavy atom. The predicted octanol–water partition coefficient (Wildman–Crippen LogP) is 3.77. The highest BCUT2D eigenvalue weighted by atomic mass is 127. The first-order valence-corrected chi connectivity index (χ1v) is 10.4. The van der Waals surface area contributed by atoms with Crippen molar-refractivity contribution in [2.24, 2.45) is 4.99 Å². The van der Waals surface area contributed by atoms with Gasteiger partial charge in [-0.05, 0) is 31.9 Å². The Morgan fingerprint density at radius 3 is 2.58 bits per heavy atom. The number of rotatable bonds is 8. The topological polar surface area (TPSA) is 71.7 Å². The van der Waals surface area contributed by atoms with Crippen LogP contribution in [0.3, 0.4) is 0 Å². The van der Waals surface area contributed by atoms with Crippen molar-refractivity contribution in [1.82, 2.24) is 15.8 Å². The summed E-state index contributed by atoms with van der Waals surface area (Å²) >= 11 is 1.92. The quantitative estimate of drug-likeness (QED) is 0.325. The number of aliphatic imine (C=N–C) groups is 1. The molecular formula is C18H33IN4O2S. The molecule has 150 valence electrons. The zero-order chi connectivity index (χ0) is 18.1. The Hall–Kier alpha value is -0.480. The molecule has 0 amide bonds. The third-order valence-electron chi connectivity index (χ3n) is 5.05. The summed E-state index contributed by atoms with van der Waals surface area (Å²) in [6.45, 7) is 7.51. The van der Waals surface area contributed by atoms with Crippen molar-refractivity contribution in [3.63, 3.8) is 0 Å². The van der Waals surface area contributed by atoms with Gasteiger partial charge in [-0.2, -0.15) is 11.8 Å². The third kappa shape index (κ3) is 6.60. The highest BCUT2D eigenvalue weighted by Crippen LogP contribution is 2.32. The zero-order valence-corrected chi connectivity index (χ0v) is 19.5. The fourth-order valence-corrected chi connectivity index (χ4v) is 3.94. The van der Waals surface area contributed by atoms with E-state index < -0.39 is 0 Å². The summed E-state index contributed by atoms with van der Waals surface area (Å²) in [5.74, 6) is 2.11. The normalized spacial score (nSPS) is 17.0. The minimum atomic E-state index is 0. The molecule has 0 bridgehead atoms. The third-order valence-corrected chi connectivity index (χ3v) is 6.47. The molecule has 2 heterocycles. The van der Waals surface area contributed by atoms with E-state index in [0.717, 1.165) is 62.9 Å². The number of aromatic nitrogens is 1. The van der Waals surface area contributed by atoms with E-state index in [1.165, 1.54) is 0 Å². The lowest BCUT2D eigenvalue weighted by Gasteiger charge is -2.36. The van der Waals surface area contributed by atoms with Gasteiger partial charge in [0.25, 0.3) is 0 Å². The van der Waals surface area contributed by atoms with Gasteiger partial charge < -0.3 is 19.9 Å². The summed E-state index contributed by atoms with van der Waals surface area (Å²) in [5, 5.41) is 11.0. The average molecular weight is 496 g/mol. The Morgan fingerprint density at radius 1 is 1.31 bits per heavy atom. The van der Waals surface area contributed by atoms with Crippen LogP contribution in [-0.4, -0.2) is 48.9 Å². The van der Waals surface area contributed by atoms with E-state index in [1.807, 2.05) is 11.8 Å². The molecule has 0 saturated carbocycles. The van der Waals surface area contributed by atoms with E-state index in [1.54, 1.807) is 7.05 Å².